The third kappa shape index (κ3) is 4.58. The highest BCUT2D eigenvalue weighted by atomic mass is 32.2. The third-order valence-electron chi connectivity index (χ3n) is 4.52. The Balaban J connectivity index is 1.59. The Bertz CT molecular complexity index is 1160. The number of rotatable bonds is 6. The summed E-state index contributed by atoms with van der Waals surface area (Å²) in [4.78, 5) is 17.0. The number of nitrogens with zero attached hydrogens (tertiary/aromatic N) is 1. The molecule has 0 spiro atoms. The first-order valence-corrected chi connectivity index (χ1v) is 10.2. The number of aromatic hydroxyl groups is 1. The first-order valence-electron chi connectivity index (χ1n) is 9.23. The van der Waals surface area contributed by atoms with Crippen LogP contribution in [0, 0.1) is 0 Å². The summed E-state index contributed by atoms with van der Waals surface area (Å²) in [6.07, 6.45) is 1.99. The van der Waals surface area contributed by atoms with Crippen molar-refractivity contribution in [2.75, 3.05) is 0 Å². The van der Waals surface area contributed by atoms with Gasteiger partial charge < -0.3 is 9.52 Å². The second kappa shape index (κ2) is 8.80. The van der Waals surface area contributed by atoms with Gasteiger partial charge in [-0.2, -0.15) is 0 Å². The van der Waals surface area contributed by atoms with E-state index in [2.05, 4.69) is 17.1 Å². The smallest absolute Gasteiger partial charge is 0.343 e. The predicted molar refractivity (Wildman–Crippen MR) is 115 cm³/mol. The first kappa shape index (κ1) is 19.0. The number of benzene rings is 2. The quantitative estimate of drug-likeness (QED) is 0.445. The van der Waals surface area contributed by atoms with Crippen LogP contribution >= 0.6 is 11.8 Å². The molecule has 2 aromatic carbocycles. The van der Waals surface area contributed by atoms with Gasteiger partial charge in [-0.25, -0.2) is 9.78 Å². The summed E-state index contributed by atoms with van der Waals surface area (Å²) >= 11 is 1.61. The molecular formula is C24H19NO3S. The van der Waals surface area contributed by atoms with Crippen LogP contribution in [0.2, 0.25) is 0 Å². The average molecular weight is 401 g/mol. The molecule has 0 saturated carbocycles. The molecule has 5 heteroatoms. The van der Waals surface area contributed by atoms with Gasteiger partial charge in [0.2, 0.25) is 0 Å². The van der Waals surface area contributed by atoms with Gasteiger partial charge in [-0.3, -0.25) is 0 Å². The molecule has 0 amide bonds. The van der Waals surface area contributed by atoms with Gasteiger partial charge in [0, 0.05) is 30.0 Å². The zero-order valence-corrected chi connectivity index (χ0v) is 16.4. The van der Waals surface area contributed by atoms with Crippen LogP contribution in [0.25, 0.3) is 11.3 Å². The fourth-order valence-electron chi connectivity index (χ4n) is 3.02. The molecule has 2 heterocycles. The molecule has 4 aromatic rings. The van der Waals surface area contributed by atoms with Crippen LogP contribution in [-0.4, -0.2) is 10.1 Å². The summed E-state index contributed by atoms with van der Waals surface area (Å²) < 4.78 is 5.47. The summed E-state index contributed by atoms with van der Waals surface area (Å²) in [7, 11) is 0. The number of hydrogen-bond donors (Lipinski definition) is 1. The van der Waals surface area contributed by atoms with Crippen molar-refractivity contribution in [3.05, 3.63) is 112 Å². The van der Waals surface area contributed by atoms with Crippen LogP contribution in [-0.2, 0) is 12.2 Å². The molecule has 0 atom stereocenters. The Kier molecular flexibility index (Phi) is 5.77. The Hall–Kier alpha value is -3.31. The van der Waals surface area contributed by atoms with Gasteiger partial charge >= 0.3 is 5.63 Å². The maximum Gasteiger partial charge on any atom is 0.343 e. The van der Waals surface area contributed by atoms with Crippen molar-refractivity contribution in [3.8, 4) is 17.1 Å². The van der Waals surface area contributed by atoms with Crippen molar-refractivity contribution in [2.45, 2.75) is 17.2 Å². The Morgan fingerprint density at radius 2 is 1.66 bits per heavy atom. The Morgan fingerprint density at radius 3 is 2.38 bits per heavy atom. The fraction of sp³-hybridized carbons (Fsp3) is 0.0833. The van der Waals surface area contributed by atoms with Crippen molar-refractivity contribution in [3.63, 3.8) is 0 Å². The number of thioether (sulfide) groups is 1. The van der Waals surface area contributed by atoms with Gasteiger partial charge in [-0.05, 0) is 17.2 Å². The molecule has 0 aliphatic carbocycles. The molecule has 0 saturated heterocycles. The maximum absolute atomic E-state index is 12.6. The highest BCUT2D eigenvalue weighted by Crippen LogP contribution is 2.29. The number of pyridine rings is 1. The molecule has 4 nitrogen and oxygen atoms in total. The van der Waals surface area contributed by atoms with E-state index in [-0.39, 0.29) is 17.7 Å². The van der Waals surface area contributed by atoms with E-state index in [1.807, 2.05) is 60.7 Å². The number of hydrogen-bond acceptors (Lipinski definition) is 5. The van der Waals surface area contributed by atoms with Crippen molar-refractivity contribution < 1.29 is 9.52 Å². The lowest BCUT2D eigenvalue weighted by atomic mass is 10.1. The predicted octanol–water partition coefficient (Wildman–Crippen LogP) is 5.29. The summed E-state index contributed by atoms with van der Waals surface area (Å²) in [5.41, 5.74) is 2.52. The highest BCUT2D eigenvalue weighted by molar-refractivity contribution is 7.98. The summed E-state index contributed by atoms with van der Waals surface area (Å²) in [5.74, 6) is 1.06. The summed E-state index contributed by atoms with van der Waals surface area (Å²) in [6, 6.07) is 24.6. The van der Waals surface area contributed by atoms with E-state index in [0.29, 0.717) is 5.76 Å². The molecule has 0 radical (unpaired) electrons. The van der Waals surface area contributed by atoms with E-state index in [1.165, 1.54) is 11.6 Å². The largest absolute Gasteiger partial charge is 0.507 e. The summed E-state index contributed by atoms with van der Waals surface area (Å²) in [6.45, 7) is 0. The van der Waals surface area contributed by atoms with Crippen LogP contribution in [0.3, 0.4) is 0 Å². The highest BCUT2D eigenvalue weighted by Gasteiger charge is 2.15. The standard InChI is InChI=1S/C24H19NO3S/c26-21-15-22(18-10-5-2-6-11-18)28-24(27)20(21)14-19-12-7-13-25-23(19)29-16-17-8-3-1-4-9-17/h1-13,15,26H,14,16H2. The van der Waals surface area contributed by atoms with Crippen molar-refractivity contribution in [1.82, 2.24) is 4.98 Å². The third-order valence-corrected chi connectivity index (χ3v) is 5.64. The van der Waals surface area contributed by atoms with E-state index in [1.54, 1.807) is 18.0 Å². The fourth-order valence-corrected chi connectivity index (χ4v) is 3.98. The topological polar surface area (TPSA) is 63.3 Å². The normalized spacial score (nSPS) is 10.8. The molecule has 144 valence electrons. The van der Waals surface area contributed by atoms with Crippen LogP contribution in [0.15, 0.2) is 99.3 Å². The second-order valence-corrected chi connectivity index (χ2v) is 7.51. The zero-order chi connectivity index (χ0) is 20.1. The van der Waals surface area contributed by atoms with E-state index >= 15 is 0 Å². The van der Waals surface area contributed by atoms with Crippen molar-refractivity contribution in [1.29, 1.82) is 0 Å². The van der Waals surface area contributed by atoms with Crippen LogP contribution in [0.4, 0.5) is 0 Å². The van der Waals surface area contributed by atoms with E-state index < -0.39 is 5.63 Å². The van der Waals surface area contributed by atoms with Crippen LogP contribution in [0.1, 0.15) is 16.7 Å². The lowest BCUT2D eigenvalue weighted by molar-refractivity contribution is 0.442. The minimum Gasteiger partial charge on any atom is -0.507 e. The van der Waals surface area contributed by atoms with Gasteiger partial charge in [0.05, 0.1) is 10.6 Å². The van der Waals surface area contributed by atoms with Crippen molar-refractivity contribution in [2.24, 2.45) is 0 Å². The molecule has 0 unspecified atom stereocenters. The zero-order valence-electron chi connectivity index (χ0n) is 15.6. The molecule has 2 aromatic heterocycles. The van der Waals surface area contributed by atoms with Gasteiger partial charge in [-0.1, -0.05) is 66.7 Å². The molecule has 0 aliphatic heterocycles. The molecule has 0 bridgehead atoms. The lowest BCUT2D eigenvalue weighted by Gasteiger charge is -2.10. The Labute approximate surface area is 172 Å². The van der Waals surface area contributed by atoms with E-state index in [0.717, 1.165) is 21.9 Å². The lowest BCUT2D eigenvalue weighted by Crippen LogP contribution is -2.09. The first-order chi connectivity index (χ1) is 14.2. The molecule has 1 N–H and O–H groups in total. The minimum absolute atomic E-state index is 0.0667. The number of aromatic nitrogens is 1. The molecule has 29 heavy (non-hydrogen) atoms. The second-order valence-electron chi connectivity index (χ2n) is 6.55. The van der Waals surface area contributed by atoms with Gasteiger partial charge in [0.15, 0.2) is 0 Å². The molecular weight excluding hydrogens is 382 g/mol. The Morgan fingerprint density at radius 1 is 0.931 bits per heavy atom. The average Bonchev–Trinajstić information content (AvgIpc) is 2.76. The van der Waals surface area contributed by atoms with E-state index in [4.69, 9.17) is 4.42 Å². The maximum atomic E-state index is 12.6. The van der Waals surface area contributed by atoms with Crippen LogP contribution < -0.4 is 5.63 Å². The molecule has 4 rings (SSSR count). The summed E-state index contributed by atoms with van der Waals surface area (Å²) in [5, 5.41) is 11.3. The molecule has 0 aliphatic rings. The minimum atomic E-state index is -0.535. The SMILES string of the molecule is O=c1oc(-c2ccccc2)cc(O)c1Cc1cccnc1SCc1ccccc1. The van der Waals surface area contributed by atoms with Crippen molar-refractivity contribution >= 4 is 11.8 Å². The monoisotopic (exact) mass is 401 g/mol. The van der Waals surface area contributed by atoms with Gasteiger partial charge in [0.25, 0.3) is 0 Å². The molecule has 0 fully saturated rings. The van der Waals surface area contributed by atoms with Gasteiger partial charge in [0.1, 0.15) is 11.5 Å². The van der Waals surface area contributed by atoms with E-state index in [9.17, 15) is 9.90 Å². The van der Waals surface area contributed by atoms with Crippen LogP contribution in [0.5, 0.6) is 5.75 Å². The van der Waals surface area contributed by atoms with Gasteiger partial charge in [-0.15, -0.1) is 11.8 Å².